The van der Waals surface area contributed by atoms with Crippen molar-refractivity contribution in [1.82, 2.24) is 9.55 Å². The first-order valence-corrected chi connectivity index (χ1v) is 7.14. The Morgan fingerprint density at radius 1 is 1.14 bits per heavy atom. The molecule has 1 aromatic heterocycles. The van der Waals surface area contributed by atoms with Crippen LogP contribution >= 0.6 is 0 Å². The maximum absolute atomic E-state index is 9.03. The molecule has 0 aliphatic carbocycles. The van der Waals surface area contributed by atoms with E-state index in [0.29, 0.717) is 11.6 Å². The molecule has 1 heterocycles. The van der Waals surface area contributed by atoms with Crippen LogP contribution in [-0.4, -0.2) is 9.55 Å². The minimum Gasteiger partial charge on any atom is -0.325 e. The molecule has 0 aliphatic heterocycles. The lowest BCUT2D eigenvalue weighted by atomic mass is 10.1. The summed E-state index contributed by atoms with van der Waals surface area (Å²) in [6.45, 7) is 4.32. The predicted molar refractivity (Wildman–Crippen MR) is 84.1 cm³/mol. The highest BCUT2D eigenvalue weighted by molar-refractivity contribution is 5.78. The largest absolute Gasteiger partial charge is 0.325 e. The van der Waals surface area contributed by atoms with Crippen molar-refractivity contribution in [2.24, 2.45) is 0 Å². The molecule has 0 aliphatic rings. The van der Waals surface area contributed by atoms with Gasteiger partial charge in [-0.1, -0.05) is 30.3 Å². The predicted octanol–water partition coefficient (Wildman–Crippen LogP) is 4.08. The number of imidazole rings is 1. The Morgan fingerprint density at radius 2 is 1.90 bits per heavy atom. The molecule has 0 unspecified atom stereocenters. The highest BCUT2D eigenvalue weighted by atomic mass is 15.1. The van der Waals surface area contributed by atoms with E-state index >= 15 is 0 Å². The molecular formula is C18H17N3. The van der Waals surface area contributed by atoms with Crippen molar-refractivity contribution < 1.29 is 0 Å². The third-order valence-corrected chi connectivity index (χ3v) is 3.61. The van der Waals surface area contributed by atoms with Gasteiger partial charge in [0, 0.05) is 12.5 Å². The smallest absolute Gasteiger partial charge is 0.114 e. The van der Waals surface area contributed by atoms with E-state index in [9.17, 15) is 0 Å². The molecular weight excluding hydrogens is 258 g/mol. The summed E-state index contributed by atoms with van der Waals surface area (Å²) in [5.41, 5.74) is 3.89. The molecule has 104 valence electrons. The minimum absolute atomic E-state index is 0.335. The molecule has 0 amide bonds. The van der Waals surface area contributed by atoms with Gasteiger partial charge in [0.25, 0.3) is 0 Å². The van der Waals surface area contributed by atoms with Gasteiger partial charge in [0.2, 0.25) is 0 Å². The van der Waals surface area contributed by atoms with Crippen molar-refractivity contribution in [2.45, 2.75) is 26.3 Å². The van der Waals surface area contributed by atoms with Crippen molar-refractivity contribution in [3.8, 4) is 6.07 Å². The second kappa shape index (κ2) is 5.41. The maximum Gasteiger partial charge on any atom is 0.114 e. The SMILES string of the molecule is CC(C)n1c(Cc2ccccc2)nc2cc(C#N)ccc21. The average Bonchev–Trinajstić information content (AvgIpc) is 2.85. The van der Waals surface area contributed by atoms with E-state index in [4.69, 9.17) is 10.2 Å². The summed E-state index contributed by atoms with van der Waals surface area (Å²) < 4.78 is 2.25. The van der Waals surface area contributed by atoms with Gasteiger partial charge in [-0.2, -0.15) is 5.26 Å². The van der Waals surface area contributed by atoms with Gasteiger partial charge >= 0.3 is 0 Å². The number of benzene rings is 2. The Bertz CT molecular complexity index is 808. The molecule has 0 saturated carbocycles. The zero-order chi connectivity index (χ0) is 14.8. The summed E-state index contributed by atoms with van der Waals surface area (Å²) in [5, 5.41) is 9.03. The van der Waals surface area contributed by atoms with Gasteiger partial charge in [-0.25, -0.2) is 4.98 Å². The summed E-state index contributed by atoms with van der Waals surface area (Å²) in [6, 6.07) is 18.6. The van der Waals surface area contributed by atoms with Crippen LogP contribution in [0.4, 0.5) is 0 Å². The highest BCUT2D eigenvalue weighted by Crippen LogP contribution is 2.23. The monoisotopic (exact) mass is 275 g/mol. The van der Waals surface area contributed by atoms with Gasteiger partial charge in [-0.3, -0.25) is 0 Å². The van der Waals surface area contributed by atoms with Crippen LogP contribution in [0.25, 0.3) is 11.0 Å². The molecule has 3 rings (SSSR count). The summed E-state index contributed by atoms with van der Waals surface area (Å²) in [5.74, 6) is 1.04. The van der Waals surface area contributed by atoms with Crippen LogP contribution in [0.15, 0.2) is 48.5 Å². The summed E-state index contributed by atoms with van der Waals surface area (Å²) in [6.07, 6.45) is 0.801. The lowest BCUT2D eigenvalue weighted by Crippen LogP contribution is -2.06. The second-order valence-electron chi connectivity index (χ2n) is 5.47. The Kier molecular flexibility index (Phi) is 3.45. The molecule has 21 heavy (non-hydrogen) atoms. The zero-order valence-corrected chi connectivity index (χ0v) is 12.2. The van der Waals surface area contributed by atoms with Crippen LogP contribution in [-0.2, 0) is 6.42 Å². The van der Waals surface area contributed by atoms with Crippen molar-refractivity contribution >= 4 is 11.0 Å². The molecule has 2 aromatic carbocycles. The van der Waals surface area contributed by atoms with Gasteiger partial charge in [0.15, 0.2) is 0 Å². The van der Waals surface area contributed by atoms with Crippen molar-refractivity contribution in [1.29, 1.82) is 5.26 Å². The number of aromatic nitrogens is 2. The number of hydrogen-bond acceptors (Lipinski definition) is 2. The van der Waals surface area contributed by atoms with Crippen molar-refractivity contribution in [2.75, 3.05) is 0 Å². The van der Waals surface area contributed by atoms with E-state index in [2.05, 4.69) is 36.6 Å². The van der Waals surface area contributed by atoms with E-state index in [1.165, 1.54) is 5.56 Å². The van der Waals surface area contributed by atoms with Gasteiger partial charge < -0.3 is 4.57 Å². The van der Waals surface area contributed by atoms with Crippen molar-refractivity contribution in [3.05, 3.63) is 65.5 Å². The van der Waals surface area contributed by atoms with E-state index in [0.717, 1.165) is 23.3 Å². The number of rotatable bonds is 3. The molecule has 3 heteroatoms. The van der Waals surface area contributed by atoms with Gasteiger partial charge in [0.1, 0.15) is 5.82 Å². The molecule has 0 saturated heterocycles. The van der Waals surface area contributed by atoms with Crippen molar-refractivity contribution in [3.63, 3.8) is 0 Å². The molecule has 3 nitrogen and oxygen atoms in total. The van der Waals surface area contributed by atoms with E-state index in [-0.39, 0.29) is 0 Å². The van der Waals surface area contributed by atoms with Gasteiger partial charge in [-0.05, 0) is 37.6 Å². The van der Waals surface area contributed by atoms with Gasteiger partial charge in [-0.15, -0.1) is 0 Å². The Hall–Kier alpha value is -2.60. The molecule has 3 aromatic rings. The van der Waals surface area contributed by atoms with Crippen LogP contribution < -0.4 is 0 Å². The maximum atomic E-state index is 9.03. The first kappa shape index (κ1) is 13.4. The fourth-order valence-corrected chi connectivity index (χ4v) is 2.70. The van der Waals surface area contributed by atoms with Crippen LogP contribution in [0.2, 0.25) is 0 Å². The third-order valence-electron chi connectivity index (χ3n) is 3.61. The minimum atomic E-state index is 0.335. The molecule has 0 bridgehead atoms. The number of nitrogens with zero attached hydrogens (tertiary/aromatic N) is 3. The second-order valence-corrected chi connectivity index (χ2v) is 5.47. The summed E-state index contributed by atoms with van der Waals surface area (Å²) >= 11 is 0. The van der Waals surface area contributed by atoms with Crippen LogP contribution in [0.1, 0.15) is 36.8 Å². The highest BCUT2D eigenvalue weighted by Gasteiger charge is 2.14. The molecule has 0 atom stereocenters. The van der Waals surface area contributed by atoms with Crippen LogP contribution in [0.3, 0.4) is 0 Å². The molecule has 0 radical (unpaired) electrons. The third kappa shape index (κ3) is 2.53. The standard InChI is InChI=1S/C18H17N3/c1-13(2)21-17-9-8-15(12-19)10-16(17)20-18(21)11-14-6-4-3-5-7-14/h3-10,13H,11H2,1-2H3. The molecule has 0 spiro atoms. The fraction of sp³-hybridized carbons (Fsp3) is 0.222. The number of hydrogen-bond donors (Lipinski definition) is 0. The lowest BCUT2D eigenvalue weighted by Gasteiger charge is -2.13. The Balaban J connectivity index is 2.13. The molecule has 0 fully saturated rings. The normalized spacial score (nSPS) is 11.0. The number of nitriles is 1. The number of fused-ring (bicyclic) bond motifs is 1. The van der Waals surface area contributed by atoms with E-state index < -0.39 is 0 Å². The zero-order valence-electron chi connectivity index (χ0n) is 12.2. The van der Waals surface area contributed by atoms with E-state index in [1.807, 2.05) is 36.4 Å². The summed E-state index contributed by atoms with van der Waals surface area (Å²) in [4.78, 5) is 4.75. The van der Waals surface area contributed by atoms with Crippen LogP contribution in [0, 0.1) is 11.3 Å². The lowest BCUT2D eigenvalue weighted by molar-refractivity contribution is 0.591. The van der Waals surface area contributed by atoms with Crippen LogP contribution in [0.5, 0.6) is 0 Å². The average molecular weight is 275 g/mol. The molecule has 0 N–H and O–H groups in total. The first-order chi connectivity index (χ1) is 10.2. The van der Waals surface area contributed by atoms with Gasteiger partial charge in [0.05, 0.1) is 22.7 Å². The first-order valence-electron chi connectivity index (χ1n) is 7.14. The topological polar surface area (TPSA) is 41.6 Å². The van der Waals surface area contributed by atoms with E-state index in [1.54, 1.807) is 0 Å². The Labute approximate surface area is 124 Å². The fourth-order valence-electron chi connectivity index (χ4n) is 2.70. The quantitative estimate of drug-likeness (QED) is 0.722. The summed E-state index contributed by atoms with van der Waals surface area (Å²) in [7, 11) is 0. The Morgan fingerprint density at radius 3 is 2.57 bits per heavy atom.